The highest BCUT2D eigenvalue weighted by atomic mass is 16.5. The van der Waals surface area contributed by atoms with Gasteiger partial charge in [0.25, 0.3) is 0 Å². The largest absolute Gasteiger partial charge is 0.389 e. The van der Waals surface area contributed by atoms with Crippen molar-refractivity contribution in [3.05, 3.63) is 12.2 Å². The molecule has 0 bridgehead atoms. The predicted molar refractivity (Wildman–Crippen MR) is 65.4 cm³/mol. The van der Waals surface area contributed by atoms with Crippen LogP contribution < -0.4 is 0 Å². The van der Waals surface area contributed by atoms with Crippen molar-refractivity contribution >= 4 is 0 Å². The van der Waals surface area contributed by atoms with E-state index in [0.29, 0.717) is 23.7 Å². The van der Waals surface area contributed by atoms with Crippen molar-refractivity contribution < 1.29 is 9.84 Å². The summed E-state index contributed by atoms with van der Waals surface area (Å²) in [5.41, 5.74) is -0.217. The Morgan fingerprint density at radius 3 is 2.76 bits per heavy atom. The monoisotopic (exact) mass is 234 g/mol. The summed E-state index contributed by atoms with van der Waals surface area (Å²) in [6, 6.07) is 0. The molecule has 17 heavy (non-hydrogen) atoms. The minimum atomic E-state index is -0.460. The molecule has 2 nitrogen and oxygen atoms in total. The number of ether oxygens (including phenoxy) is 1. The average molecular weight is 234 g/mol. The zero-order chi connectivity index (χ0) is 12.1. The Bertz CT molecular complexity index is 415. The van der Waals surface area contributed by atoms with Gasteiger partial charge in [-0.25, -0.2) is 0 Å². The second kappa shape index (κ2) is 2.65. The van der Waals surface area contributed by atoms with Gasteiger partial charge in [0.2, 0.25) is 0 Å². The number of rotatable bonds is 2. The van der Waals surface area contributed by atoms with E-state index in [1.807, 2.05) is 7.11 Å². The van der Waals surface area contributed by atoms with Crippen LogP contribution in [0.1, 0.15) is 33.1 Å². The Balaban J connectivity index is 1.82. The number of fused-ring (bicyclic) bond motifs is 1. The van der Waals surface area contributed by atoms with E-state index in [2.05, 4.69) is 26.0 Å². The van der Waals surface area contributed by atoms with Gasteiger partial charge < -0.3 is 9.84 Å². The summed E-state index contributed by atoms with van der Waals surface area (Å²) in [7, 11) is 1.87. The first-order valence-corrected chi connectivity index (χ1v) is 7.00. The Morgan fingerprint density at radius 2 is 2.12 bits per heavy atom. The fraction of sp³-hybridized carbons (Fsp3) is 0.867. The van der Waals surface area contributed by atoms with Gasteiger partial charge in [-0.2, -0.15) is 0 Å². The van der Waals surface area contributed by atoms with Gasteiger partial charge >= 0.3 is 0 Å². The van der Waals surface area contributed by atoms with Crippen molar-refractivity contribution in [2.75, 3.05) is 7.11 Å². The maximum atomic E-state index is 11.0. The van der Waals surface area contributed by atoms with Gasteiger partial charge in [0, 0.05) is 24.4 Å². The second-order valence-corrected chi connectivity index (χ2v) is 6.96. The maximum absolute atomic E-state index is 11.0. The lowest BCUT2D eigenvalue weighted by Crippen LogP contribution is -2.45. The quantitative estimate of drug-likeness (QED) is 0.743. The second-order valence-electron chi connectivity index (χ2n) is 6.96. The first-order chi connectivity index (χ1) is 8.03. The van der Waals surface area contributed by atoms with Crippen molar-refractivity contribution in [2.45, 2.75) is 44.3 Å². The van der Waals surface area contributed by atoms with E-state index >= 15 is 0 Å². The van der Waals surface area contributed by atoms with E-state index in [-0.39, 0.29) is 11.0 Å². The predicted octanol–water partition coefficient (Wildman–Crippen LogP) is 2.37. The molecule has 0 heterocycles. The normalized spacial score (nSPS) is 62.1. The van der Waals surface area contributed by atoms with Gasteiger partial charge in [0.1, 0.15) is 0 Å². The lowest BCUT2D eigenvalue weighted by Gasteiger charge is -2.40. The van der Waals surface area contributed by atoms with Gasteiger partial charge in [-0.05, 0) is 31.1 Å². The third-order valence-electron chi connectivity index (χ3n) is 6.69. The van der Waals surface area contributed by atoms with E-state index in [4.69, 9.17) is 4.74 Å². The van der Waals surface area contributed by atoms with Crippen molar-refractivity contribution in [2.24, 2.45) is 29.1 Å². The van der Waals surface area contributed by atoms with Crippen LogP contribution in [0.3, 0.4) is 0 Å². The summed E-state index contributed by atoms with van der Waals surface area (Å²) in [5, 5.41) is 11.0. The molecule has 0 radical (unpaired) electrons. The molecule has 4 aliphatic carbocycles. The lowest BCUT2D eigenvalue weighted by atomic mass is 9.70. The summed E-state index contributed by atoms with van der Waals surface area (Å²) in [6.07, 6.45) is 8.00. The molecule has 0 amide bonds. The van der Waals surface area contributed by atoms with Crippen molar-refractivity contribution in [3.8, 4) is 0 Å². The Morgan fingerprint density at radius 1 is 1.35 bits per heavy atom. The molecule has 6 atom stereocenters. The molecule has 4 aliphatic rings. The number of aliphatic hydroxyl groups is 1. The van der Waals surface area contributed by atoms with Gasteiger partial charge in [0.15, 0.2) is 0 Å². The first kappa shape index (κ1) is 10.6. The molecule has 4 rings (SSSR count). The van der Waals surface area contributed by atoms with E-state index in [9.17, 15) is 5.11 Å². The van der Waals surface area contributed by atoms with Crippen LogP contribution in [0.15, 0.2) is 12.2 Å². The van der Waals surface area contributed by atoms with Crippen LogP contribution in [-0.4, -0.2) is 23.4 Å². The molecule has 1 N–H and O–H groups in total. The van der Waals surface area contributed by atoms with Crippen LogP contribution in [0.2, 0.25) is 0 Å². The van der Waals surface area contributed by atoms with Gasteiger partial charge in [-0.15, -0.1) is 0 Å². The van der Waals surface area contributed by atoms with E-state index in [1.54, 1.807) is 0 Å². The van der Waals surface area contributed by atoms with Crippen molar-refractivity contribution in [1.82, 2.24) is 0 Å². The minimum Gasteiger partial charge on any atom is -0.389 e. The molecular formula is C15H22O2. The fourth-order valence-corrected chi connectivity index (χ4v) is 5.83. The van der Waals surface area contributed by atoms with Gasteiger partial charge in [0.05, 0.1) is 11.2 Å². The molecule has 0 aliphatic heterocycles. The summed E-state index contributed by atoms with van der Waals surface area (Å²) in [6.45, 7) is 4.33. The highest BCUT2D eigenvalue weighted by molar-refractivity contribution is 5.45. The minimum absolute atomic E-state index is 0.0804. The molecule has 0 aromatic rings. The van der Waals surface area contributed by atoms with Crippen LogP contribution in [0.25, 0.3) is 0 Å². The fourth-order valence-electron chi connectivity index (χ4n) is 5.83. The number of hydrogen-bond donors (Lipinski definition) is 1. The smallest absolute Gasteiger partial charge is 0.0873 e. The third kappa shape index (κ3) is 0.794. The standard InChI is InChI=1S/C15H22O2/c1-9(2)14(16)7-6-13-5-4-10-11(8-12(13)14)15(10,13)17-3/h4-5,9-12,16H,6-8H2,1-3H3/t10?,11?,12-,13?,14-,15+/m0/s1. The van der Waals surface area contributed by atoms with E-state index in [0.717, 1.165) is 12.8 Å². The number of hydrogen-bond acceptors (Lipinski definition) is 2. The number of methoxy groups -OCH3 is 1. The lowest BCUT2D eigenvalue weighted by molar-refractivity contribution is -0.0762. The molecule has 0 saturated heterocycles. The van der Waals surface area contributed by atoms with Gasteiger partial charge in [-0.1, -0.05) is 26.0 Å². The van der Waals surface area contributed by atoms with Crippen molar-refractivity contribution in [1.29, 1.82) is 0 Å². The van der Waals surface area contributed by atoms with Gasteiger partial charge in [-0.3, -0.25) is 0 Å². The van der Waals surface area contributed by atoms with Crippen LogP contribution in [0, 0.1) is 29.1 Å². The van der Waals surface area contributed by atoms with Crippen LogP contribution in [-0.2, 0) is 4.74 Å². The zero-order valence-corrected chi connectivity index (χ0v) is 10.9. The molecular weight excluding hydrogens is 212 g/mol. The zero-order valence-electron chi connectivity index (χ0n) is 10.9. The summed E-state index contributed by atoms with van der Waals surface area (Å²) < 4.78 is 5.96. The summed E-state index contributed by atoms with van der Waals surface area (Å²) in [5.74, 6) is 2.12. The van der Waals surface area contributed by atoms with E-state index in [1.165, 1.54) is 6.42 Å². The SMILES string of the molecule is CO[C@@]12C3C=CC14CC[C@](O)(C(C)C)[C@H]4CC32. The molecule has 0 aromatic carbocycles. The highest BCUT2D eigenvalue weighted by Gasteiger charge is 2.85. The molecule has 94 valence electrons. The molecule has 3 fully saturated rings. The summed E-state index contributed by atoms with van der Waals surface area (Å²) >= 11 is 0. The summed E-state index contributed by atoms with van der Waals surface area (Å²) in [4.78, 5) is 0. The highest BCUT2D eigenvalue weighted by Crippen LogP contribution is 2.82. The first-order valence-electron chi connectivity index (χ1n) is 7.00. The molecule has 3 unspecified atom stereocenters. The van der Waals surface area contributed by atoms with Crippen LogP contribution in [0.5, 0.6) is 0 Å². The molecule has 0 aromatic heterocycles. The molecule has 3 saturated carbocycles. The van der Waals surface area contributed by atoms with Crippen LogP contribution >= 0.6 is 0 Å². The topological polar surface area (TPSA) is 29.5 Å². The molecule has 2 heteroatoms. The van der Waals surface area contributed by atoms with E-state index < -0.39 is 5.60 Å². The van der Waals surface area contributed by atoms with Crippen LogP contribution in [0.4, 0.5) is 0 Å². The Labute approximate surface area is 103 Å². The Hall–Kier alpha value is -0.340. The van der Waals surface area contributed by atoms with Crippen molar-refractivity contribution in [3.63, 3.8) is 0 Å². The molecule has 1 spiro atoms. The Kier molecular flexibility index (Phi) is 1.65. The average Bonchev–Trinajstić information content (AvgIpc) is 2.56. The maximum Gasteiger partial charge on any atom is 0.0873 e. The third-order valence-corrected chi connectivity index (χ3v) is 6.69.